The van der Waals surface area contributed by atoms with E-state index in [1.54, 1.807) is 0 Å². The van der Waals surface area contributed by atoms with E-state index in [1.165, 1.54) is 12.8 Å². The Morgan fingerprint density at radius 3 is 2.50 bits per heavy atom. The van der Waals surface area contributed by atoms with Gasteiger partial charge in [-0.1, -0.05) is 5.16 Å². The van der Waals surface area contributed by atoms with Crippen molar-refractivity contribution in [2.24, 2.45) is 7.05 Å². The third-order valence-electron chi connectivity index (χ3n) is 4.54. The summed E-state index contributed by atoms with van der Waals surface area (Å²) < 4.78 is 7.45. The van der Waals surface area contributed by atoms with Crippen molar-refractivity contribution in [1.82, 2.24) is 29.5 Å². The quantitative estimate of drug-likeness (QED) is 0.821. The van der Waals surface area contributed by atoms with Gasteiger partial charge in [0, 0.05) is 51.5 Å². The molecule has 3 heterocycles. The van der Waals surface area contributed by atoms with Crippen LogP contribution < -0.4 is 0 Å². The van der Waals surface area contributed by atoms with Crippen LogP contribution in [-0.2, 0) is 20.1 Å². The summed E-state index contributed by atoms with van der Waals surface area (Å²) in [6.07, 6.45) is 6.28. The number of rotatable bonds is 5. The standard InChI is InChI=1S/C15H22N6O/c1-19-5-4-16-13(19)10-20-6-8-21(9-7-20)11-14-17-15(18-22-14)12-2-3-12/h4-5,12H,2-3,6-11H2,1H3. The number of hydrogen-bond donors (Lipinski definition) is 0. The zero-order valence-corrected chi connectivity index (χ0v) is 13.0. The summed E-state index contributed by atoms with van der Waals surface area (Å²) in [5.74, 6) is 3.36. The Balaban J connectivity index is 1.27. The molecule has 22 heavy (non-hydrogen) atoms. The number of nitrogens with zero attached hydrogens (tertiary/aromatic N) is 6. The van der Waals surface area contributed by atoms with Gasteiger partial charge in [-0.05, 0) is 12.8 Å². The molecule has 7 nitrogen and oxygen atoms in total. The van der Waals surface area contributed by atoms with Gasteiger partial charge in [-0.25, -0.2) is 4.98 Å². The molecular weight excluding hydrogens is 280 g/mol. The van der Waals surface area contributed by atoms with Crippen LogP contribution in [0.1, 0.15) is 36.3 Å². The van der Waals surface area contributed by atoms with Gasteiger partial charge in [-0.3, -0.25) is 9.80 Å². The van der Waals surface area contributed by atoms with Crippen molar-refractivity contribution in [3.63, 3.8) is 0 Å². The van der Waals surface area contributed by atoms with E-state index in [2.05, 4.69) is 29.5 Å². The molecule has 0 aromatic carbocycles. The molecular formula is C15H22N6O. The first-order chi connectivity index (χ1) is 10.8. The molecule has 2 fully saturated rings. The van der Waals surface area contributed by atoms with E-state index in [0.717, 1.165) is 56.8 Å². The maximum Gasteiger partial charge on any atom is 0.240 e. The van der Waals surface area contributed by atoms with E-state index in [4.69, 9.17) is 4.52 Å². The number of piperazine rings is 1. The highest BCUT2D eigenvalue weighted by Crippen LogP contribution is 2.38. The minimum atomic E-state index is 0.562. The summed E-state index contributed by atoms with van der Waals surface area (Å²) in [6.45, 7) is 5.86. The van der Waals surface area contributed by atoms with Crippen LogP contribution in [0.4, 0.5) is 0 Å². The predicted molar refractivity (Wildman–Crippen MR) is 80.0 cm³/mol. The molecule has 2 aromatic rings. The van der Waals surface area contributed by atoms with Gasteiger partial charge in [0.15, 0.2) is 5.82 Å². The molecule has 0 bridgehead atoms. The van der Waals surface area contributed by atoms with Gasteiger partial charge >= 0.3 is 0 Å². The molecule has 0 atom stereocenters. The fourth-order valence-corrected chi connectivity index (χ4v) is 2.89. The van der Waals surface area contributed by atoms with Gasteiger partial charge in [-0.2, -0.15) is 4.98 Å². The zero-order valence-electron chi connectivity index (χ0n) is 13.0. The highest BCUT2D eigenvalue weighted by Gasteiger charge is 2.29. The average molecular weight is 302 g/mol. The summed E-state index contributed by atoms with van der Waals surface area (Å²) in [5.41, 5.74) is 0. The van der Waals surface area contributed by atoms with Crippen LogP contribution in [0.2, 0.25) is 0 Å². The summed E-state index contributed by atoms with van der Waals surface area (Å²) in [5, 5.41) is 4.08. The molecule has 1 aliphatic carbocycles. The molecule has 1 aliphatic heterocycles. The number of hydrogen-bond acceptors (Lipinski definition) is 6. The van der Waals surface area contributed by atoms with E-state index in [1.807, 2.05) is 19.4 Å². The molecule has 1 saturated carbocycles. The highest BCUT2D eigenvalue weighted by molar-refractivity contribution is 5.03. The van der Waals surface area contributed by atoms with Crippen LogP contribution in [0.25, 0.3) is 0 Å². The maximum atomic E-state index is 5.37. The third-order valence-corrected chi connectivity index (χ3v) is 4.54. The van der Waals surface area contributed by atoms with Crippen molar-refractivity contribution in [3.8, 4) is 0 Å². The summed E-state index contributed by atoms with van der Waals surface area (Å²) in [6, 6.07) is 0. The Bertz CT molecular complexity index is 624. The lowest BCUT2D eigenvalue weighted by Gasteiger charge is -2.33. The van der Waals surface area contributed by atoms with Crippen LogP contribution >= 0.6 is 0 Å². The first-order valence-corrected chi connectivity index (χ1v) is 8.01. The van der Waals surface area contributed by atoms with Crippen molar-refractivity contribution in [2.45, 2.75) is 31.8 Å². The van der Waals surface area contributed by atoms with Crippen molar-refractivity contribution >= 4 is 0 Å². The van der Waals surface area contributed by atoms with Crippen molar-refractivity contribution in [2.75, 3.05) is 26.2 Å². The van der Waals surface area contributed by atoms with Gasteiger partial charge in [-0.15, -0.1) is 0 Å². The second-order valence-electron chi connectivity index (χ2n) is 6.33. The molecule has 7 heteroatoms. The summed E-state index contributed by atoms with van der Waals surface area (Å²) in [4.78, 5) is 13.7. The van der Waals surface area contributed by atoms with Crippen LogP contribution in [0.3, 0.4) is 0 Å². The maximum absolute atomic E-state index is 5.37. The van der Waals surface area contributed by atoms with E-state index in [0.29, 0.717) is 5.92 Å². The van der Waals surface area contributed by atoms with Gasteiger partial charge in [0.05, 0.1) is 13.1 Å². The number of aryl methyl sites for hydroxylation is 1. The molecule has 0 radical (unpaired) electrons. The molecule has 0 N–H and O–H groups in total. The minimum absolute atomic E-state index is 0.562. The van der Waals surface area contributed by atoms with Crippen molar-refractivity contribution < 1.29 is 4.52 Å². The number of aromatic nitrogens is 4. The second-order valence-corrected chi connectivity index (χ2v) is 6.33. The smallest absolute Gasteiger partial charge is 0.240 e. The fraction of sp³-hybridized carbons (Fsp3) is 0.667. The molecule has 0 amide bonds. The molecule has 1 saturated heterocycles. The van der Waals surface area contributed by atoms with E-state index >= 15 is 0 Å². The molecule has 0 unspecified atom stereocenters. The van der Waals surface area contributed by atoms with Crippen molar-refractivity contribution in [1.29, 1.82) is 0 Å². The first kappa shape index (κ1) is 13.9. The Hall–Kier alpha value is -1.73. The highest BCUT2D eigenvalue weighted by atomic mass is 16.5. The van der Waals surface area contributed by atoms with Crippen LogP contribution in [0.5, 0.6) is 0 Å². The first-order valence-electron chi connectivity index (χ1n) is 8.01. The van der Waals surface area contributed by atoms with Crippen molar-refractivity contribution in [3.05, 3.63) is 29.9 Å². The Morgan fingerprint density at radius 2 is 1.86 bits per heavy atom. The van der Waals surface area contributed by atoms with Gasteiger partial charge in [0.25, 0.3) is 0 Å². The van der Waals surface area contributed by atoms with E-state index in [-0.39, 0.29) is 0 Å². The largest absolute Gasteiger partial charge is 0.338 e. The zero-order chi connectivity index (χ0) is 14.9. The lowest BCUT2D eigenvalue weighted by atomic mass is 10.3. The topological polar surface area (TPSA) is 63.2 Å². The SMILES string of the molecule is Cn1ccnc1CN1CCN(Cc2nc(C3CC3)no2)CC1. The second kappa shape index (κ2) is 5.81. The normalized spacial score (nSPS) is 20.6. The predicted octanol–water partition coefficient (Wildman–Crippen LogP) is 0.998. The fourth-order valence-electron chi connectivity index (χ4n) is 2.89. The third kappa shape index (κ3) is 3.05. The molecule has 4 rings (SSSR count). The summed E-state index contributed by atoms with van der Waals surface area (Å²) >= 11 is 0. The lowest BCUT2D eigenvalue weighted by Crippen LogP contribution is -2.45. The Morgan fingerprint density at radius 1 is 1.14 bits per heavy atom. The van der Waals surface area contributed by atoms with Crippen LogP contribution in [0.15, 0.2) is 16.9 Å². The van der Waals surface area contributed by atoms with Gasteiger partial charge in [0.2, 0.25) is 5.89 Å². The average Bonchev–Trinajstić information content (AvgIpc) is 3.15. The molecule has 0 spiro atoms. The van der Waals surface area contributed by atoms with E-state index in [9.17, 15) is 0 Å². The van der Waals surface area contributed by atoms with Crippen LogP contribution in [-0.4, -0.2) is 55.7 Å². The Labute approximate surface area is 129 Å². The Kier molecular flexibility index (Phi) is 3.67. The summed E-state index contributed by atoms with van der Waals surface area (Å²) in [7, 11) is 2.05. The van der Waals surface area contributed by atoms with E-state index < -0.39 is 0 Å². The monoisotopic (exact) mass is 302 g/mol. The molecule has 2 aliphatic rings. The molecule has 118 valence electrons. The van der Waals surface area contributed by atoms with Gasteiger partial charge in [0.1, 0.15) is 5.82 Å². The lowest BCUT2D eigenvalue weighted by molar-refractivity contribution is 0.109. The van der Waals surface area contributed by atoms with Crippen LogP contribution in [0, 0.1) is 0 Å². The minimum Gasteiger partial charge on any atom is -0.338 e. The molecule has 2 aromatic heterocycles. The number of imidazole rings is 1. The van der Waals surface area contributed by atoms with Gasteiger partial charge < -0.3 is 9.09 Å².